The van der Waals surface area contributed by atoms with Crippen molar-refractivity contribution in [2.75, 3.05) is 16.8 Å². The zero-order chi connectivity index (χ0) is 16.7. The molecule has 0 aliphatic heterocycles. The zero-order valence-corrected chi connectivity index (χ0v) is 14.6. The Kier molecular flexibility index (Phi) is 6.88. The highest BCUT2D eigenvalue weighted by Gasteiger charge is 2.09. The summed E-state index contributed by atoms with van der Waals surface area (Å²) in [6, 6.07) is 7.65. The molecule has 0 saturated carbocycles. The third kappa shape index (κ3) is 6.21. The summed E-state index contributed by atoms with van der Waals surface area (Å²) in [5.41, 5.74) is 6.06. The molecule has 0 spiro atoms. The molecule has 0 atom stereocenters. The summed E-state index contributed by atoms with van der Waals surface area (Å²) in [5, 5.41) is 4.04. The first kappa shape index (κ1) is 17.8. The Morgan fingerprint density at radius 3 is 2.87 bits per heavy atom. The van der Waals surface area contributed by atoms with Gasteiger partial charge in [0.25, 0.3) is 0 Å². The fourth-order valence-corrected chi connectivity index (χ4v) is 3.53. The van der Waals surface area contributed by atoms with E-state index >= 15 is 0 Å². The number of nitrogens with two attached hydrogens (primary N) is 1. The Morgan fingerprint density at radius 2 is 2.13 bits per heavy atom. The van der Waals surface area contributed by atoms with Gasteiger partial charge in [-0.2, -0.15) is 11.8 Å². The van der Waals surface area contributed by atoms with Crippen LogP contribution in [0.1, 0.15) is 16.9 Å². The topological polar surface area (TPSA) is 85.1 Å². The number of nitrogens with one attached hydrogen (secondary N) is 1. The SMILES string of the molecule is NC(=O)CSCCC(=O)Nc1ncc(Cc2ccccc2Cl)s1. The van der Waals surface area contributed by atoms with Crippen molar-refractivity contribution in [1.29, 1.82) is 0 Å². The number of nitrogens with zero attached hydrogens (tertiary/aromatic N) is 1. The fraction of sp³-hybridized carbons (Fsp3) is 0.267. The van der Waals surface area contributed by atoms with Gasteiger partial charge in [0.1, 0.15) is 0 Å². The Morgan fingerprint density at radius 1 is 1.35 bits per heavy atom. The lowest BCUT2D eigenvalue weighted by Gasteiger charge is -2.01. The second-order valence-corrected chi connectivity index (χ2v) is 7.34. The Bertz CT molecular complexity index is 691. The van der Waals surface area contributed by atoms with E-state index in [2.05, 4.69) is 10.3 Å². The van der Waals surface area contributed by atoms with E-state index in [-0.39, 0.29) is 17.6 Å². The normalized spacial score (nSPS) is 10.5. The predicted octanol–water partition coefficient (Wildman–Crippen LogP) is 2.93. The number of thiazole rings is 1. The molecule has 3 N–H and O–H groups in total. The third-order valence-corrected chi connectivity index (χ3v) is 5.10. The van der Waals surface area contributed by atoms with Gasteiger partial charge in [0, 0.05) is 34.7 Å². The maximum absolute atomic E-state index is 11.8. The van der Waals surface area contributed by atoms with E-state index in [9.17, 15) is 9.59 Å². The molecule has 0 aliphatic rings. The van der Waals surface area contributed by atoms with Crippen LogP contribution in [0.25, 0.3) is 0 Å². The maximum Gasteiger partial charge on any atom is 0.227 e. The number of halogens is 1. The average Bonchev–Trinajstić information content (AvgIpc) is 2.93. The van der Waals surface area contributed by atoms with E-state index in [0.29, 0.717) is 23.7 Å². The van der Waals surface area contributed by atoms with Crippen molar-refractivity contribution in [1.82, 2.24) is 4.98 Å². The molecule has 122 valence electrons. The number of primary amides is 1. The molecule has 2 aromatic rings. The van der Waals surface area contributed by atoms with Crippen molar-refractivity contribution in [2.24, 2.45) is 5.73 Å². The van der Waals surface area contributed by atoms with Crippen LogP contribution in [0.5, 0.6) is 0 Å². The highest BCUT2D eigenvalue weighted by molar-refractivity contribution is 7.99. The molecule has 2 rings (SSSR count). The molecular formula is C15H16ClN3O2S2. The number of anilines is 1. The van der Waals surface area contributed by atoms with Gasteiger partial charge in [-0.15, -0.1) is 11.3 Å². The van der Waals surface area contributed by atoms with Gasteiger partial charge in [-0.1, -0.05) is 29.8 Å². The first-order valence-corrected chi connectivity index (χ1v) is 9.23. The molecule has 1 aromatic carbocycles. The van der Waals surface area contributed by atoms with E-state index in [1.807, 2.05) is 24.3 Å². The predicted molar refractivity (Wildman–Crippen MR) is 96.1 cm³/mol. The van der Waals surface area contributed by atoms with E-state index in [0.717, 1.165) is 15.5 Å². The number of thioether (sulfide) groups is 1. The lowest BCUT2D eigenvalue weighted by molar-refractivity contribution is -0.116. The first-order chi connectivity index (χ1) is 11.0. The van der Waals surface area contributed by atoms with Gasteiger partial charge in [0.2, 0.25) is 11.8 Å². The number of hydrogen-bond donors (Lipinski definition) is 2. The third-order valence-electron chi connectivity index (χ3n) is 2.84. The molecule has 1 heterocycles. The van der Waals surface area contributed by atoms with Crippen molar-refractivity contribution < 1.29 is 9.59 Å². The minimum absolute atomic E-state index is 0.124. The standard InChI is InChI=1S/C15H16ClN3O2S2/c16-12-4-2-1-3-10(12)7-11-8-18-15(23-11)19-14(21)5-6-22-9-13(17)20/h1-4,8H,5-7,9H2,(H2,17,20)(H,18,19,21). The lowest BCUT2D eigenvalue weighted by atomic mass is 10.1. The van der Waals surface area contributed by atoms with Crippen molar-refractivity contribution in [3.8, 4) is 0 Å². The van der Waals surface area contributed by atoms with Gasteiger partial charge in [-0.25, -0.2) is 4.98 Å². The molecule has 5 nitrogen and oxygen atoms in total. The lowest BCUT2D eigenvalue weighted by Crippen LogP contribution is -2.15. The number of hydrogen-bond acceptors (Lipinski definition) is 5. The molecule has 0 aliphatic carbocycles. The van der Waals surface area contributed by atoms with Crippen LogP contribution in [-0.4, -0.2) is 28.3 Å². The first-order valence-electron chi connectivity index (χ1n) is 6.88. The van der Waals surface area contributed by atoms with Gasteiger partial charge in [-0.3, -0.25) is 9.59 Å². The van der Waals surface area contributed by atoms with Crippen molar-refractivity contribution in [3.63, 3.8) is 0 Å². The zero-order valence-electron chi connectivity index (χ0n) is 12.3. The van der Waals surface area contributed by atoms with Crippen LogP contribution in [0, 0.1) is 0 Å². The summed E-state index contributed by atoms with van der Waals surface area (Å²) < 4.78 is 0. The summed E-state index contributed by atoms with van der Waals surface area (Å²) in [5.74, 6) is 0.277. The summed E-state index contributed by atoms with van der Waals surface area (Å²) in [6.45, 7) is 0. The highest BCUT2D eigenvalue weighted by atomic mass is 35.5. The molecule has 0 radical (unpaired) electrons. The fourth-order valence-electron chi connectivity index (χ4n) is 1.80. The monoisotopic (exact) mass is 369 g/mol. The van der Waals surface area contributed by atoms with Gasteiger partial charge in [0.05, 0.1) is 5.75 Å². The number of benzene rings is 1. The molecule has 1 aromatic heterocycles. The number of amides is 2. The number of carbonyl (C=O) groups excluding carboxylic acids is 2. The van der Waals surface area contributed by atoms with E-state index in [4.69, 9.17) is 17.3 Å². The van der Waals surface area contributed by atoms with Crippen LogP contribution in [0.2, 0.25) is 5.02 Å². The summed E-state index contributed by atoms with van der Waals surface area (Å²) in [6.07, 6.45) is 2.74. The van der Waals surface area contributed by atoms with E-state index in [1.165, 1.54) is 23.1 Å². The minimum Gasteiger partial charge on any atom is -0.369 e. The summed E-state index contributed by atoms with van der Waals surface area (Å²) >= 11 is 8.91. The van der Waals surface area contributed by atoms with Crippen LogP contribution < -0.4 is 11.1 Å². The molecular weight excluding hydrogens is 354 g/mol. The quantitative estimate of drug-likeness (QED) is 0.700. The van der Waals surface area contributed by atoms with Gasteiger partial charge in [0.15, 0.2) is 5.13 Å². The summed E-state index contributed by atoms with van der Waals surface area (Å²) in [4.78, 5) is 27.6. The Labute approximate surface area is 147 Å². The van der Waals surface area contributed by atoms with Crippen LogP contribution >= 0.6 is 34.7 Å². The minimum atomic E-state index is -0.375. The average molecular weight is 370 g/mol. The largest absolute Gasteiger partial charge is 0.369 e. The van der Waals surface area contributed by atoms with Crippen molar-refractivity contribution in [2.45, 2.75) is 12.8 Å². The molecule has 2 amide bonds. The van der Waals surface area contributed by atoms with Gasteiger partial charge >= 0.3 is 0 Å². The van der Waals surface area contributed by atoms with Crippen LogP contribution in [0.4, 0.5) is 5.13 Å². The second kappa shape index (κ2) is 8.90. The smallest absolute Gasteiger partial charge is 0.227 e. The summed E-state index contributed by atoms with van der Waals surface area (Å²) in [7, 11) is 0. The van der Waals surface area contributed by atoms with Crippen LogP contribution in [0.3, 0.4) is 0 Å². The van der Waals surface area contributed by atoms with Gasteiger partial charge < -0.3 is 11.1 Å². The Hall–Kier alpha value is -1.57. The van der Waals surface area contributed by atoms with Crippen molar-refractivity contribution in [3.05, 3.63) is 45.9 Å². The number of aromatic nitrogens is 1. The van der Waals surface area contributed by atoms with Crippen molar-refractivity contribution >= 4 is 51.6 Å². The molecule has 0 saturated heterocycles. The molecule has 0 fully saturated rings. The molecule has 0 bridgehead atoms. The highest BCUT2D eigenvalue weighted by Crippen LogP contribution is 2.24. The maximum atomic E-state index is 11.8. The molecule has 8 heteroatoms. The van der Waals surface area contributed by atoms with Crippen LogP contribution in [0.15, 0.2) is 30.5 Å². The Balaban J connectivity index is 1.81. The van der Waals surface area contributed by atoms with Gasteiger partial charge in [-0.05, 0) is 11.6 Å². The second-order valence-electron chi connectivity index (χ2n) is 4.72. The number of rotatable bonds is 8. The molecule has 23 heavy (non-hydrogen) atoms. The van der Waals surface area contributed by atoms with E-state index in [1.54, 1.807) is 6.20 Å². The number of carbonyl (C=O) groups is 2. The van der Waals surface area contributed by atoms with Crippen LogP contribution in [-0.2, 0) is 16.0 Å². The molecule has 0 unspecified atom stereocenters. The van der Waals surface area contributed by atoms with E-state index < -0.39 is 0 Å².